The van der Waals surface area contributed by atoms with Gasteiger partial charge in [-0.05, 0) is 25.1 Å². The molecule has 0 spiro atoms. The van der Waals surface area contributed by atoms with Gasteiger partial charge in [0.15, 0.2) is 5.82 Å². The fourth-order valence-corrected chi connectivity index (χ4v) is 5.03. The smallest absolute Gasteiger partial charge is 0.263 e. The topological polar surface area (TPSA) is 131 Å². The Kier molecular flexibility index (Phi) is 7.17. The lowest BCUT2D eigenvalue weighted by Crippen LogP contribution is -2.68. The zero-order valence-corrected chi connectivity index (χ0v) is 22.5. The number of hydrogen-bond acceptors (Lipinski definition) is 10. The molecule has 3 aromatic heterocycles. The van der Waals surface area contributed by atoms with Crippen molar-refractivity contribution in [1.82, 2.24) is 45.2 Å². The number of carbonyl (C=O) groups is 1. The van der Waals surface area contributed by atoms with E-state index in [1.807, 2.05) is 24.2 Å². The van der Waals surface area contributed by atoms with E-state index in [2.05, 4.69) is 41.1 Å². The van der Waals surface area contributed by atoms with E-state index in [1.54, 1.807) is 40.7 Å². The Morgan fingerprint density at radius 1 is 1.10 bits per heavy atom. The van der Waals surface area contributed by atoms with Crippen molar-refractivity contribution < 1.29 is 18.3 Å². The molecule has 41 heavy (non-hydrogen) atoms. The molecule has 5 heterocycles. The minimum atomic E-state index is -2.54. The van der Waals surface area contributed by atoms with Crippen molar-refractivity contribution in [2.45, 2.75) is 32.2 Å². The van der Waals surface area contributed by atoms with E-state index in [1.165, 1.54) is 12.1 Å². The van der Waals surface area contributed by atoms with Crippen LogP contribution in [0.5, 0.6) is 5.88 Å². The molecule has 6 rings (SSSR count). The number of nitrogens with zero attached hydrogens (tertiary/aromatic N) is 9. The molecule has 0 aliphatic carbocycles. The van der Waals surface area contributed by atoms with Crippen LogP contribution in [-0.2, 0) is 18.4 Å². The van der Waals surface area contributed by atoms with Gasteiger partial charge in [-0.1, -0.05) is 17.3 Å². The number of hydrogen-bond donors (Lipinski definition) is 2. The van der Waals surface area contributed by atoms with Crippen LogP contribution >= 0.6 is 0 Å². The highest BCUT2D eigenvalue weighted by atomic mass is 19.3. The molecule has 0 saturated carbocycles. The molecule has 1 aromatic carbocycles. The highest BCUT2D eigenvalue weighted by molar-refractivity contribution is 5.84. The van der Waals surface area contributed by atoms with Crippen molar-refractivity contribution >= 4 is 17.4 Å². The monoisotopic (exact) mass is 565 g/mol. The van der Waals surface area contributed by atoms with Gasteiger partial charge >= 0.3 is 0 Å². The number of rotatable bonds is 8. The quantitative estimate of drug-likeness (QED) is 0.325. The second-order valence-corrected chi connectivity index (χ2v) is 10.0. The van der Waals surface area contributed by atoms with E-state index in [-0.39, 0.29) is 30.3 Å². The number of carbonyl (C=O) groups excluding carboxylic acids is 1. The van der Waals surface area contributed by atoms with Crippen LogP contribution in [0.25, 0.3) is 5.69 Å². The Morgan fingerprint density at radius 3 is 2.63 bits per heavy atom. The standard InChI is InChI=1S/C26H29F2N11O2/c1-16-21(39(35-32-16)19-5-3-17(4-6-19)25(27)28)15-41-24-8-7-23(33-34-24)38-10-9-37-14-22(31-26(40)20(37)13-38)30-18-11-29-36(2)12-18/h3-8,11-12,20,22,25,30H,9-10,13-15H2,1-2H3,(H,31,40)/t20-,22?/m0/s1. The summed E-state index contributed by atoms with van der Waals surface area (Å²) in [4.78, 5) is 17.1. The van der Waals surface area contributed by atoms with Gasteiger partial charge in [-0.25, -0.2) is 13.5 Å². The summed E-state index contributed by atoms with van der Waals surface area (Å²) in [6.07, 6.45) is 0.858. The SMILES string of the molecule is Cc1nnn(-c2ccc(C(F)F)cc2)c1COc1ccc(N2CCN3CC(Nc4cnn(C)c4)NC(=O)[C@@H]3C2)nn1. The Morgan fingerprint density at radius 2 is 1.93 bits per heavy atom. The second-order valence-electron chi connectivity index (χ2n) is 10.0. The predicted octanol–water partition coefficient (Wildman–Crippen LogP) is 1.67. The van der Waals surface area contributed by atoms with Crippen LogP contribution in [0, 0.1) is 6.92 Å². The number of aryl methyl sites for hydroxylation is 2. The number of fused-ring (bicyclic) bond motifs is 1. The Labute approximate surface area is 234 Å². The van der Waals surface area contributed by atoms with Gasteiger partial charge in [0, 0.05) is 51.1 Å². The molecule has 15 heteroatoms. The number of anilines is 2. The van der Waals surface area contributed by atoms with Crippen molar-refractivity contribution in [3.63, 3.8) is 0 Å². The van der Waals surface area contributed by atoms with Crippen LogP contribution in [-0.4, -0.2) is 84.2 Å². The maximum absolute atomic E-state index is 12.9. The van der Waals surface area contributed by atoms with E-state index < -0.39 is 6.43 Å². The van der Waals surface area contributed by atoms with Crippen molar-refractivity contribution in [3.05, 3.63) is 65.7 Å². The van der Waals surface area contributed by atoms with Crippen LogP contribution in [0.3, 0.4) is 0 Å². The first kappa shape index (κ1) is 26.6. The highest BCUT2D eigenvalue weighted by Gasteiger charge is 2.38. The third-order valence-electron chi connectivity index (χ3n) is 7.23. The van der Waals surface area contributed by atoms with Gasteiger partial charge in [0.1, 0.15) is 24.5 Å². The predicted molar refractivity (Wildman–Crippen MR) is 144 cm³/mol. The molecule has 1 unspecified atom stereocenters. The molecular weight excluding hydrogens is 536 g/mol. The minimum absolute atomic E-state index is 0.0420. The molecule has 0 bridgehead atoms. The number of halogens is 2. The van der Waals surface area contributed by atoms with Crippen molar-refractivity contribution in [3.8, 4) is 11.6 Å². The van der Waals surface area contributed by atoms with Crippen molar-refractivity contribution in [2.75, 3.05) is 36.4 Å². The summed E-state index contributed by atoms with van der Waals surface area (Å²) in [7, 11) is 1.85. The Hall–Kier alpha value is -4.66. The van der Waals surface area contributed by atoms with Gasteiger partial charge in [-0.15, -0.1) is 15.3 Å². The van der Waals surface area contributed by atoms with Gasteiger partial charge in [-0.2, -0.15) is 5.10 Å². The molecule has 2 aliphatic heterocycles. The minimum Gasteiger partial charge on any atom is -0.470 e. The van der Waals surface area contributed by atoms with Gasteiger partial charge in [-0.3, -0.25) is 14.4 Å². The zero-order chi connectivity index (χ0) is 28.5. The van der Waals surface area contributed by atoms with Gasteiger partial charge in [0.25, 0.3) is 6.43 Å². The lowest BCUT2D eigenvalue weighted by Gasteiger charge is -2.45. The number of amides is 1. The van der Waals surface area contributed by atoms with Crippen molar-refractivity contribution in [1.29, 1.82) is 0 Å². The molecule has 13 nitrogen and oxygen atoms in total. The number of aromatic nitrogens is 7. The summed E-state index contributed by atoms with van der Waals surface area (Å²) >= 11 is 0. The maximum Gasteiger partial charge on any atom is 0.263 e. The largest absolute Gasteiger partial charge is 0.470 e. The van der Waals surface area contributed by atoms with E-state index in [0.717, 1.165) is 5.69 Å². The van der Waals surface area contributed by atoms with Gasteiger partial charge in [0.2, 0.25) is 11.8 Å². The van der Waals surface area contributed by atoms with E-state index in [9.17, 15) is 13.6 Å². The molecule has 2 aliphatic rings. The third kappa shape index (κ3) is 5.66. The average Bonchev–Trinajstić information content (AvgIpc) is 3.56. The Bertz CT molecular complexity index is 1510. The number of alkyl halides is 2. The summed E-state index contributed by atoms with van der Waals surface area (Å²) < 4.78 is 35.0. The molecule has 0 radical (unpaired) electrons. The molecular formula is C26H29F2N11O2. The summed E-state index contributed by atoms with van der Waals surface area (Å²) in [6, 6.07) is 9.11. The average molecular weight is 566 g/mol. The molecule has 2 fully saturated rings. The summed E-state index contributed by atoms with van der Waals surface area (Å²) in [6.45, 7) is 4.49. The maximum atomic E-state index is 12.9. The molecule has 2 atom stereocenters. The lowest BCUT2D eigenvalue weighted by molar-refractivity contribution is -0.130. The number of piperazine rings is 2. The van der Waals surface area contributed by atoms with Crippen molar-refractivity contribution in [2.24, 2.45) is 7.05 Å². The third-order valence-corrected chi connectivity index (χ3v) is 7.23. The van der Waals surface area contributed by atoms with Gasteiger partial charge < -0.3 is 20.3 Å². The van der Waals surface area contributed by atoms with E-state index in [4.69, 9.17) is 4.74 Å². The first-order chi connectivity index (χ1) is 19.8. The first-order valence-electron chi connectivity index (χ1n) is 13.1. The number of benzene rings is 1. The molecule has 214 valence electrons. The second kappa shape index (κ2) is 11.1. The van der Waals surface area contributed by atoms with E-state index in [0.29, 0.717) is 55.0 Å². The van der Waals surface area contributed by atoms with Crippen LogP contribution in [0.1, 0.15) is 23.4 Å². The normalized spacial score (nSPS) is 19.2. The number of ether oxygens (including phenoxy) is 1. The van der Waals surface area contributed by atoms with E-state index >= 15 is 0 Å². The number of nitrogens with one attached hydrogen (secondary N) is 2. The van der Waals surface area contributed by atoms with Crippen LogP contribution in [0.2, 0.25) is 0 Å². The molecule has 4 aromatic rings. The summed E-state index contributed by atoms with van der Waals surface area (Å²) in [5.41, 5.74) is 2.70. The molecule has 2 N–H and O–H groups in total. The highest BCUT2D eigenvalue weighted by Crippen LogP contribution is 2.23. The summed E-state index contributed by atoms with van der Waals surface area (Å²) in [5, 5.41) is 27.3. The van der Waals surface area contributed by atoms with Crippen LogP contribution in [0.15, 0.2) is 48.8 Å². The first-order valence-corrected chi connectivity index (χ1v) is 13.1. The molecule has 2 saturated heterocycles. The van der Waals surface area contributed by atoms with Gasteiger partial charge in [0.05, 0.1) is 23.3 Å². The fraction of sp³-hybridized carbons (Fsp3) is 0.385. The zero-order valence-electron chi connectivity index (χ0n) is 22.5. The summed E-state index contributed by atoms with van der Waals surface area (Å²) in [5.74, 6) is 0.925. The fourth-order valence-electron chi connectivity index (χ4n) is 5.03. The molecule has 1 amide bonds. The van der Waals surface area contributed by atoms with Crippen LogP contribution in [0.4, 0.5) is 20.3 Å². The Balaban J connectivity index is 1.06. The van der Waals surface area contributed by atoms with Crippen LogP contribution < -0.4 is 20.3 Å². The lowest BCUT2D eigenvalue weighted by atomic mass is 10.1.